The molecule has 3 aromatic rings. The molecule has 1 fully saturated rings. The number of fused-ring (bicyclic) bond motifs is 3. The van der Waals surface area contributed by atoms with Crippen LogP contribution in [0.4, 0.5) is 5.82 Å². The van der Waals surface area contributed by atoms with Gasteiger partial charge in [0.05, 0.1) is 11.9 Å². The number of aromatic nitrogens is 3. The fraction of sp³-hybridized carbons (Fsp3) is 0.522. The Kier molecular flexibility index (Phi) is 5.22. The Morgan fingerprint density at radius 1 is 1.14 bits per heavy atom. The van der Waals surface area contributed by atoms with Crippen molar-refractivity contribution in [3.05, 3.63) is 46.4 Å². The number of anilines is 1. The largest absolute Gasteiger partial charge is 0.355 e. The minimum atomic E-state index is 0.833. The van der Waals surface area contributed by atoms with E-state index in [1.54, 1.807) is 0 Å². The van der Waals surface area contributed by atoms with Crippen molar-refractivity contribution in [2.24, 2.45) is 5.92 Å². The van der Waals surface area contributed by atoms with Gasteiger partial charge in [-0.25, -0.2) is 9.97 Å². The summed E-state index contributed by atoms with van der Waals surface area (Å²) >= 11 is 1.89. The van der Waals surface area contributed by atoms with Crippen molar-refractivity contribution in [1.29, 1.82) is 0 Å². The van der Waals surface area contributed by atoms with E-state index in [-0.39, 0.29) is 0 Å². The Morgan fingerprint density at radius 2 is 1.93 bits per heavy atom. The van der Waals surface area contributed by atoms with Gasteiger partial charge in [-0.2, -0.15) is 0 Å². The number of piperidine rings is 1. The minimum absolute atomic E-state index is 0.833. The maximum absolute atomic E-state index is 5.12. The highest BCUT2D eigenvalue weighted by atomic mass is 32.1. The van der Waals surface area contributed by atoms with Gasteiger partial charge in [0.25, 0.3) is 0 Å². The van der Waals surface area contributed by atoms with Gasteiger partial charge in [-0.3, -0.25) is 9.88 Å². The lowest BCUT2D eigenvalue weighted by Gasteiger charge is -2.29. The summed E-state index contributed by atoms with van der Waals surface area (Å²) < 4.78 is 0. The van der Waals surface area contributed by atoms with Crippen LogP contribution in [0.5, 0.6) is 0 Å². The van der Waals surface area contributed by atoms with Crippen molar-refractivity contribution < 1.29 is 0 Å². The van der Waals surface area contributed by atoms with Gasteiger partial charge in [0.1, 0.15) is 16.5 Å². The van der Waals surface area contributed by atoms with Gasteiger partial charge in [0.15, 0.2) is 0 Å². The zero-order valence-electron chi connectivity index (χ0n) is 17.4. The summed E-state index contributed by atoms with van der Waals surface area (Å²) in [6.45, 7) is 6.37. The molecular weight excluding hydrogens is 378 g/mol. The summed E-state index contributed by atoms with van der Waals surface area (Å²) in [5, 5.41) is 1.30. The predicted octanol–water partition coefficient (Wildman–Crippen LogP) is 4.44. The highest BCUT2D eigenvalue weighted by molar-refractivity contribution is 7.19. The molecule has 1 saturated heterocycles. The highest BCUT2D eigenvalue weighted by Crippen LogP contribution is 2.40. The second-order valence-electron chi connectivity index (χ2n) is 8.67. The summed E-state index contributed by atoms with van der Waals surface area (Å²) in [6.07, 6.45) is 9.92. The van der Waals surface area contributed by atoms with E-state index in [4.69, 9.17) is 9.97 Å². The molecule has 5 nitrogen and oxygen atoms in total. The number of pyridine rings is 1. The number of aryl methyl sites for hydroxylation is 2. The maximum Gasteiger partial charge on any atom is 0.146 e. The van der Waals surface area contributed by atoms with Crippen LogP contribution in [0.1, 0.15) is 48.0 Å². The van der Waals surface area contributed by atoms with Crippen LogP contribution in [0.25, 0.3) is 10.2 Å². The molecule has 4 heterocycles. The number of thiophene rings is 1. The van der Waals surface area contributed by atoms with E-state index in [2.05, 4.69) is 40.9 Å². The van der Waals surface area contributed by atoms with Gasteiger partial charge in [-0.05, 0) is 74.4 Å². The Balaban J connectivity index is 1.49. The van der Waals surface area contributed by atoms with Crippen LogP contribution in [-0.2, 0) is 25.9 Å². The number of hydrogen-bond acceptors (Lipinski definition) is 6. The van der Waals surface area contributed by atoms with Crippen LogP contribution in [0.2, 0.25) is 0 Å². The van der Waals surface area contributed by atoms with Crippen molar-refractivity contribution in [2.75, 3.05) is 25.0 Å². The molecule has 3 aromatic heterocycles. The van der Waals surface area contributed by atoms with Crippen LogP contribution in [0, 0.1) is 5.92 Å². The smallest absolute Gasteiger partial charge is 0.146 e. The molecule has 0 saturated carbocycles. The van der Waals surface area contributed by atoms with E-state index in [0.29, 0.717) is 0 Å². The third-order valence-electron chi connectivity index (χ3n) is 6.36. The lowest BCUT2D eigenvalue weighted by Crippen LogP contribution is -2.33. The second-order valence-corrected chi connectivity index (χ2v) is 9.75. The van der Waals surface area contributed by atoms with Gasteiger partial charge in [0, 0.05) is 30.9 Å². The van der Waals surface area contributed by atoms with Crippen LogP contribution < -0.4 is 4.90 Å². The van der Waals surface area contributed by atoms with E-state index in [1.165, 1.54) is 51.9 Å². The number of rotatable bonds is 5. The molecular formula is C23H29N5S. The molecule has 0 atom stereocenters. The molecule has 2 aliphatic rings. The Labute approximate surface area is 176 Å². The minimum Gasteiger partial charge on any atom is -0.355 e. The molecule has 5 rings (SSSR count). The number of nitrogens with zero attached hydrogens (tertiary/aromatic N) is 5. The van der Waals surface area contributed by atoms with E-state index in [0.717, 1.165) is 50.2 Å². The monoisotopic (exact) mass is 407 g/mol. The van der Waals surface area contributed by atoms with Crippen LogP contribution in [0.3, 0.4) is 0 Å². The first-order valence-electron chi connectivity index (χ1n) is 10.8. The topological polar surface area (TPSA) is 45.2 Å². The molecule has 0 amide bonds. The fourth-order valence-electron chi connectivity index (χ4n) is 4.62. The Morgan fingerprint density at radius 3 is 2.72 bits per heavy atom. The Hall–Kier alpha value is -2.05. The molecule has 1 aliphatic heterocycles. The predicted molar refractivity (Wildman–Crippen MR) is 119 cm³/mol. The standard InChI is InChI=1S/C23H29N5S/c1-16-8-12-28(13-9-16)15-20-25-22(27(2)14-17-6-10-24-11-7-17)21-18-4-3-5-19(18)29-23(21)26-20/h6-7,10-11,16H,3-5,8-9,12-15H2,1-2H3. The first kappa shape index (κ1) is 18.9. The molecule has 0 spiro atoms. The fourth-order valence-corrected chi connectivity index (χ4v) is 5.90. The normalized spacial score (nSPS) is 17.7. The van der Waals surface area contributed by atoms with Crippen LogP contribution in [0.15, 0.2) is 24.5 Å². The van der Waals surface area contributed by atoms with Gasteiger partial charge in [-0.1, -0.05) is 6.92 Å². The van der Waals surface area contributed by atoms with Crippen molar-refractivity contribution in [2.45, 2.75) is 52.1 Å². The average molecular weight is 408 g/mol. The Bertz CT molecular complexity index is 991. The van der Waals surface area contributed by atoms with Crippen LogP contribution in [-0.4, -0.2) is 40.0 Å². The molecule has 6 heteroatoms. The number of likely N-dealkylation sites (tertiary alicyclic amines) is 1. The highest BCUT2D eigenvalue weighted by Gasteiger charge is 2.25. The van der Waals surface area contributed by atoms with Gasteiger partial charge < -0.3 is 4.90 Å². The lowest BCUT2D eigenvalue weighted by molar-refractivity contribution is 0.181. The van der Waals surface area contributed by atoms with Crippen molar-refractivity contribution in [3.63, 3.8) is 0 Å². The molecule has 0 bridgehead atoms. The summed E-state index contributed by atoms with van der Waals surface area (Å²) in [6, 6.07) is 4.17. The van der Waals surface area contributed by atoms with Gasteiger partial charge >= 0.3 is 0 Å². The number of hydrogen-bond donors (Lipinski definition) is 0. The first-order chi connectivity index (χ1) is 14.2. The van der Waals surface area contributed by atoms with Crippen molar-refractivity contribution in [3.8, 4) is 0 Å². The summed E-state index contributed by atoms with van der Waals surface area (Å²) in [4.78, 5) is 21.8. The summed E-state index contributed by atoms with van der Waals surface area (Å²) in [7, 11) is 2.16. The molecule has 29 heavy (non-hydrogen) atoms. The first-order valence-corrected chi connectivity index (χ1v) is 11.6. The third kappa shape index (κ3) is 3.88. The molecule has 0 N–H and O–H groups in total. The van der Waals surface area contributed by atoms with Gasteiger partial charge in [0.2, 0.25) is 0 Å². The molecule has 0 unspecified atom stereocenters. The SMILES string of the molecule is CC1CCN(Cc2nc(N(C)Cc3ccncc3)c3c4c(sc3n2)CCC4)CC1. The van der Waals surface area contributed by atoms with Crippen molar-refractivity contribution >= 4 is 27.4 Å². The summed E-state index contributed by atoms with van der Waals surface area (Å²) in [5.74, 6) is 2.92. The van der Waals surface area contributed by atoms with Crippen LogP contribution >= 0.6 is 11.3 Å². The average Bonchev–Trinajstić information content (AvgIpc) is 3.31. The molecule has 0 radical (unpaired) electrons. The molecule has 152 valence electrons. The zero-order chi connectivity index (χ0) is 19.8. The van der Waals surface area contributed by atoms with E-state index in [1.807, 2.05) is 23.7 Å². The zero-order valence-corrected chi connectivity index (χ0v) is 18.2. The second kappa shape index (κ2) is 8.00. The molecule has 0 aromatic carbocycles. The quantitative estimate of drug-likeness (QED) is 0.625. The van der Waals surface area contributed by atoms with E-state index >= 15 is 0 Å². The molecule has 1 aliphatic carbocycles. The van der Waals surface area contributed by atoms with Crippen molar-refractivity contribution in [1.82, 2.24) is 19.9 Å². The van der Waals surface area contributed by atoms with E-state index in [9.17, 15) is 0 Å². The third-order valence-corrected chi connectivity index (χ3v) is 7.55. The van der Waals surface area contributed by atoms with Gasteiger partial charge in [-0.15, -0.1) is 11.3 Å². The van der Waals surface area contributed by atoms with E-state index < -0.39 is 0 Å². The maximum atomic E-state index is 5.12. The summed E-state index contributed by atoms with van der Waals surface area (Å²) in [5.41, 5.74) is 2.76. The lowest BCUT2D eigenvalue weighted by atomic mass is 9.99.